The second-order valence-electron chi connectivity index (χ2n) is 6.81. The predicted octanol–water partition coefficient (Wildman–Crippen LogP) is 5.10. The van der Waals surface area contributed by atoms with Gasteiger partial charge >= 0.3 is 0 Å². The molecule has 0 aromatic heterocycles. The number of benzene rings is 2. The summed E-state index contributed by atoms with van der Waals surface area (Å²) in [5, 5.41) is 1.23. The number of hydrogen-bond donors (Lipinski definition) is 0. The molecule has 4 nitrogen and oxygen atoms in total. The summed E-state index contributed by atoms with van der Waals surface area (Å²) < 4.78 is 5.61. The van der Waals surface area contributed by atoms with E-state index in [1.807, 2.05) is 56.3 Å². The van der Waals surface area contributed by atoms with Gasteiger partial charge in [0.05, 0.1) is 12.0 Å². The van der Waals surface area contributed by atoms with Crippen molar-refractivity contribution >= 4 is 30.3 Å². The van der Waals surface area contributed by atoms with E-state index in [1.54, 1.807) is 7.05 Å². The second kappa shape index (κ2) is 8.55. The molecule has 0 bridgehead atoms. The van der Waals surface area contributed by atoms with Crippen molar-refractivity contribution in [3.63, 3.8) is 0 Å². The number of carbonyl (C=O) groups excluding carboxylic acids is 2. The van der Waals surface area contributed by atoms with Gasteiger partial charge in [-0.25, -0.2) is 5.06 Å². The molecule has 0 radical (unpaired) electrons. The quantitative estimate of drug-likeness (QED) is 0.410. The molecule has 27 heavy (non-hydrogen) atoms. The zero-order valence-corrected chi connectivity index (χ0v) is 16.6. The molecule has 1 atom stereocenters. The zero-order chi connectivity index (χ0) is 19.4. The van der Waals surface area contributed by atoms with Gasteiger partial charge in [-0.05, 0) is 61.6 Å². The lowest BCUT2D eigenvalue weighted by atomic mass is 9.87. The van der Waals surface area contributed by atoms with Gasteiger partial charge in [0, 0.05) is 23.4 Å². The van der Waals surface area contributed by atoms with Crippen LogP contribution in [0.4, 0.5) is 0 Å². The van der Waals surface area contributed by atoms with Crippen molar-refractivity contribution in [2.45, 2.75) is 37.5 Å². The van der Waals surface area contributed by atoms with Crippen molar-refractivity contribution < 1.29 is 13.9 Å². The van der Waals surface area contributed by atoms with Crippen LogP contribution in [0.2, 0.25) is 0 Å². The third kappa shape index (κ3) is 4.49. The van der Waals surface area contributed by atoms with Gasteiger partial charge in [-0.15, -0.1) is 0 Å². The summed E-state index contributed by atoms with van der Waals surface area (Å²) in [6.07, 6.45) is 6.53. The minimum absolute atomic E-state index is 0.253. The van der Waals surface area contributed by atoms with Crippen molar-refractivity contribution in [2.75, 3.05) is 7.05 Å². The molecule has 2 aromatic rings. The molecule has 1 aliphatic carbocycles. The number of carbonyl (C=O) groups is 2. The summed E-state index contributed by atoms with van der Waals surface area (Å²) in [5.41, 5.74) is 4.41. The molecular weight excluding hydrogens is 358 g/mol. The molecule has 1 aliphatic rings. The predicted molar refractivity (Wildman–Crippen MR) is 108 cm³/mol. The molecular formula is C22H23NO3S. The largest absolute Gasteiger partial charge is 0.303 e. The van der Waals surface area contributed by atoms with Crippen LogP contribution in [0.3, 0.4) is 0 Å². The van der Waals surface area contributed by atoms with Crippen LogP contribution in [0.1, 0.15) is 51.4 Å². The van der Waals surface area contributed by atoms with Crippen molar-refractivity contribution in [1.29, 1.82) is 0 Å². The van der Waals surface area contributed by atoms with E-state index in [0.717, 1.165) is 46.3 Å². The van der Waals surface area contributed by atoms with Crippen LogP contribution in [0.15, 0.2) is 47.4 Å². The number of hydroxylamine groups is 2. The molecule has 0 N–H and O–H groups in total. The van der Waals surface area contributed by atoms with Gasteiger partial charge in [-0.1, -0.05) is 35.9 Å². The van der Waals surface area contributed by atoms with Crippen LogP contribution >= 0.6 is 12.0 Å². The van der Waals surface area contributed by atoms with Crippen LogP contribution in [-0.2, 0) is 9.08 Å². The van der Waals surface area contributed by atoms with Crippen molar-refractivity contribution in [1.82, 2.24) is 5.06 Å². The molecule has 3 rings (SSSR count). The van der Waals surface area contributed by atoms with Gasteiger partial charge in [0.25, 0.3) is 5.91 Å². The van der Waals surface area contributed by atoms with Gasteiger partial charge in [-0.2, -0.15) is 4.28 Å². The molecule has 5 heteroatoms. The molecule has 2 aromatic carbocycles. The van der Waals surface area contributed by atoms with Crippen molar-refractivity contribution in [3.8, 4) is 0 Å². The third-order valence-corrected chi connectivity index (χ3v) is 5.38. The summed E-state index contributed by atoms with van der Waals surface area (Å²) in [4.78, 5) is 25.6. The molecule has 0 aliphatic heterocycles. The molecule has 1 amide bonds. The first-order valence-corrected chi connectivity index (χ1v) is 9.69. The number of amides is 1. The standard InChI is InChI=1S/C22H23NO3S/c1-15-8-10-19(11-9-15)27-26-23(3)22(25)20-13-16(2)12-17-6-4-5-7-18(14-24)21(17)20/h4,6,8-14,18H,5,7H2,1-3H3. The number of hydrogen-bond acceptors (Lipinski definition) is 4. The molecule has 0 saturated carbocycles. The maximum absolute atomic E-state index is 13.1. The van der Waals surface area contributed by atoms with Crippen LogP contribution in [0.25, 0.3) is 6.08 Å². The Balaban J connectivity index is 1.85. The van der Waals surface area contributed by atoms with Gasteiger partial charge in [0.1, 0.15) is 6.29 Å². The highest BCUT2D eigenvalue weighted by atomic mass is 32.2. The lowest BCUT2D eigenvalue weighted by molar-refractivity contribution is -0.109. The Kier molecular flexibility index (Phi) is 6.14. The monoisotopic (exact) mass is 381 g/mol. The fraction of sp³-hybridized carbons (Fsp3) is 0.273. The topological polar surface area (TPSA) is 46.6 Å². The van der Waals surface area contributed by atoms with Gasteiger partial charge in [0.2, 0.25) is 0 Å². The fourth-order valence-corrected chi connectivity index (χ4v) is 3.73. The Morgan fingerprint density at radius 1 is 1.19 bits per heavy atom. The van der Waals surface area contributed by atoms with Crippen molar-refractivity contribution in [2.24, 2.45) is 0 Å². The first-order chi connectivity index (χ1) is 13.0. The Bertz CT molecular complexity index is 874. The van der Waals surface area contributed by atoms with E-state index >= 15 is 0 Å². The fourth-order valence-electron chi connectivity index (χ4n) is 3.22. The Labute approximate surface area is 164 Å². The maximum atomic E-state index is 13.1. The van der Waals surface area contributed by atoms with Crippen molar-refractivity contribution in [3.05, 3.63) is 70.3 Å². The molecule has 0 heterocycles. The van der Waals surface area contributed by atoms with E-state index in [1.165, 1.54) is 10.6 Å². The van der Waals surface area contributed by atoms with Crippen LogP contribution in [0, 0.1) is 13.8 Å². The second-order valence-corrected chi connectivity index (χ2v) is 7.60. The minimum atomic E-state index is -0.285. The first kappa shape index (κ1) is 19.4. The Morgan fingerprint density at radius 2 is 1.93 bits per heavy atom. The number of fused-ring (bicyclic) bond motifs is 1. The molecule has 0 saturated heterocycles. The summed E-state index contributed by atoms with van der Waals surface area (Å²) in [6, 6.07) is 11.7. The summed E-state index contributed by atoms with van der Waals surface area (Å²) in [7, 11) is 1.60. The first-order valence-electron chi connectivity index (χ1n) is 8.95. The van der Waals surface area contributed by atoms with Crippen LogP contribution in [0.5, 0.6) is 0 Å². The lowest BCUT2D eigenvalue weighted by Gasteiger charge is -2.21. The highest BCUT2D eigenvalue weighted by Gasteiger charge is 2.25. The number of rotatable bonds is 5. The van der Waals surface area contributed by atoms with Gasteiger partial charge in [0.15, 0.2) is 0 Å². The average Bonchev–Trinajstić information content (AvgIpc) is 2.87. The molecule has 0 fully saturated rings. The van der Waals surface area contributed by atoms with Gasteiger partial charge in [-0.3, -0.25) is 4.79 Å². The van der Waals surface area contributed by atoms with E-state index in [-0.39, 0.29) is 11.8 Å². The van der Waals surface area contributed by atoms with E-state index in [9.17, 15) is 9.59 Å². The van der Waals surface area contributed by atoms with E-state index < -0.39 is 0 Å². The van der Waals surface area contributed by atoms with E-state index in [0.29, 0.717) is 12.0 Å². The van der Waals surface area contributed by atoms with Crippen LogP contribution in [-0.4, -0.2) is 24.3 Å². The number of aldehydes is 1. The van der Waals surface area contributed by atoms with Crippen LogP contribution < -0.4 is 0 Å². The van der Waals surface area contributed by atoms with E-state index in [2.05, 4.69) is 6.08 Å². The molecule has 0 spiro atoms. The molecule has 1 unspecified atom stereocenters. The summed E-state index contributed by atoms with van der Waals surface area (Å²) in [6.45, 7) is 3.97. The highest BCUT2D eigenvalue weighted by Crippen LogP contribution is 2.33. The Hall–Kier alpha value is -2.37. The molecule has 140 valence electrons. The zero-order valence-electron chi connectivity index (χ0n) is 15.8. The van der Waals surface area contributed by atoms with Gasteiger partial charge < -0.3 is 4.79 Å². The van der Waals surface area contributed by atoms with E-state index in [4.69, 9.17) is 4.28 Å². The Morgan fingerprint density at radius 3 is 2.63 bits per heavy atom. The summed E-state index contributed by atoms with van der Waals surface area (Å²) >= 11 is 1.13. The average molecular weight is 381 g/mol. The maximum Gasteiger partial charge on any atom is 0.278 e. The SMILES string of the molecule is Cc1ccc(SON(C)C(=O)c2cc(C)cc3c2C(C=O)CCC=C3)cc1. The number of aryl methyl sites for hydroxylation is 2. The normalized spacial score (nSPS) is 15.7. The summed E-state index contributed by atoms with van der Waals surface area (Å²) in [5.74, 6) is -0.538. The number of nitrogens with zero attached hydrogens (tertiary/aromatic N) is 1. The third-order valence-electron chi connectivity index (χ3n) is 4.62. The highest BCUT2D eigenvalue weighted by molar-refractivity contribution is 7.94. The minimum Gasteiger partial charge on any atom is -0.303 e. The number of allylic oxidation sites excluding steroid dienone is 1. The smallest absolute Gasteiger partial charge is 0.278 e. The lowest BCUT2D eigenvalue weighted by Crippen LogP contribution is -2.27.